The Bertz CT molecular complexity index is 1130. The lowest BCUT2D eigenvalue weighted by molar-refractivity contribution is 0.314. The Hall–Kier alpha value is -1.03. The molecule has 4 rings (SSSR count). The van der Waals surface area contributed by atoms with Crippen LogP contribution in [-0.2, 0) is 0 Å². The molecule has 0 bridgehead atoms. The Labute approximate surface area is 225 Å². The third-order valence-electron chi connectivity index (χ3n) is 5.46. The maximum Gasteiger partial charge on any atom is 0.111 e. The highest BCUT2D eigenvalue weighted by atomic mass is 35.5. The van der Waals surface area contributed by atoms with E-state index in [0.29, 0.717) is 10.0 Å². The fourth-order valence-corrected chi connectivity index (χ4v) is 6.13. The van der Waals surface area contributed by atoms with Gasteiger partial charge >= 0.3 is 0 Å². The molecule has 2 aromatic carbocycles. The predicted molar refractivity (Wildman–Crippen MR) is 151 cm³/mol. The number of thiazole rings is 2. The highest BCUT2D eigenvalue weighted by molar-refractivity contribution is 7.19. The molecule has 0 saturated heterocycles. The molecule has 0 aliphatic rings. The number of nitrogens with zero attached hydrogens (tertiary/aromatic N) is 4. The number of hydrogen-bond donors (Lipinski definition) is 1. The zero-order valence-electron chi connectivity index (χ0n) is 19.7. The average Bonchev–Trinajstić information content (AvgIpc) is 3.36. The van der Waals surface area contributed by atoms with Crippen LogP contribution >= 0.6 is 58.3 Å². The van der Waals surface area contributed by atoms with E-state index < -0.39 is 0 Å². The van der Waals surface area contributed by atoms with Gasteiger partial charge in [-0.25, -0.2) is 9.97 Å². The monoisotopic (exact) mass is 557 g/mol. The standard InChI is InChI=1S/C24H29Cl2N5S2.ClH/c1-30(2)11-9-17(23-28-19-13-15(25)5-7-21(19)32-23)27-18(10-12-31(3)4)24-29-20-14-16(26)6-8-22(20)33-24;/h5-8,13-14,17-18,27H,9-12H2,1-4H3;1H. The van der Waals surface area contributed by atoms with Crippen molar-refractivity contribution in [2.75, 3.05) is 41.3 Å². The summed E-state index contributed by atoms with van der Waals surface area (Å²) in [6.45, 7) is 1.93. The quantitative estimate of drug-likeness (QED) is 0.229. The molecule has 184 valence electrons. The van der Waals surface area contributed by atoms with Gasteiger partial charge in [0.1, 0.15) is 10.0 Å². The van der Waals surface area contributed by atoms with E-state index in [1.807, 2.05) is 24.3 Å². The first kappa shape index (κ1) is 27.6. The average molecular weight is 559 g/mol. The zero-order chi connectivity index (χ0) is 23.5. The molecular formula is C24H30Cl3N5S2. The van der Waals surface area contributed by atoms with Gasteiger partial charge in [0.05, 0.1) is 32.5 Å². The van der Waals surface area contributed by atoms with Crippen molar-refractivity contribution in [1.82, 2.24) is 25.1 Å². The van der Waals surface area contributed by atoms with E-state index in [9.17, 15) is 0 Å². The third kappa shape index (κ3) is 7.02. The van der Waals surface area contributed by atoms with Crippen molar-refractivity contribution in [3.05, 3.63) is 56.5 Å². The number of aromatic nitrogens is 2. The van der Waals surface area contributed by atoms with Gasteiger partial charge in [-0.15, -0.1) is 35.1 Å². The molecule has 34 heavy (non-hydrogen) atoms. The summed E-state index contributed by atoms with van der Waals surface area (Å²) >= 11 is 15.9. The molecular weight excluding hydrogens is 529 g/mol. The van der Waals surface area contributed by atoms with Crippen LogP contribution in [0.1, 0.15) is 34.9 Å². The van der Waals surface area contributed by atoms with Crippen molar-refractivity contribution >= 4 is 78.7 Å². The molecule has 2 unspecified atom stereocenters. The third-order valence-corrected chi connectivity index (χ3v) is 8.23. The summed E-state index contributed by atoms with van der Waals surface area (Å²) in [6, 6.07) is 12.1. The minimum absolute atomic E-state index is 0. The molecule has 2 atom stereocenters. The Morgan fingerprint density at radius 3 is 1.56 bits per heavy atom. The summed E-state index contributed by atoms with van der Waals surface area (Å²) in [7, 11) is 8.43. The van der Waals surface area contributed by atoms with Gasteiger partial charge in [-0.05, 0) is 90.5 Å². The predicted octanol–water partition coefficient (Wildman–Crippen LogP) is 6.91. The zero-order valence-corrected chi connectivity index (χ0v) is 23.7. The van der Waals surface area contributed by atoms with Crippen molar-refractivity contribution in [3.63, 3.8) is 0 Å². The van der Waals surface area contributed by atoms with Crippen LogP contribution in [-0.4, -0.2) is 61.0 Å². The SMILES string of the molecule is CN(C)CCC(NC(CCN(C)C)c1nc2cc(Cl)ccc2s1)c1nc2cc(Cl)ccc2s1.Cl. The maximum absolute atomic E-state index is 6.22. The number of hydrogen-bond acceptors (Lipinski definition) is 7. The summed E-state index contributed by atoms with van der Waals surface area (Å²) in [4.78, 5) is 14.3. The number of benzene rings is 2. The molecule has 5 nitrogen and oxygen atoms in total. The smallest absolute Gasteiger partial charge is 0.111 e. The van der Waals surface area contributed by atoms with Crippen LogP contribution in [0.3, 0.4) is 0 Å². The van der Waals surface area contributed by atoms with Gasteiger partial charge in [0.25, 0.3) is 0 Å². The van der Waals surface area contributed by atoms with Crippen molar-refractivity contribution in [2.24, 2.45) is 0 Å². The fourth-order valence-electron chi connectivity index (χ4n) is 3.71. The van der Waals surface area contributed by atoms with Gasteiger partial charge in [-0.3, -0.25) is 5.32 Å². The number of fused-ring (bicyclic) bond motifs is 2. The first-order valence-electron chi connectivity index (χ1n) is 11.0. The number of rotatable bonds is 10. The van der Waals surface area contributed by atoms with Gasteiger partial charge in [-0.1, -0.05) is 23.2 Å². The molecule has 2 heterocycles. The Morgan fingerprint density at radius 1 is 0.765 bits per heavy atom. The van der Waals surface area contributed by atoms with E-state index in [-0.39, 0.29) is 24.5 Å². The first-order chi connectivity index (χ1) is 15.8. The van der Waals surface area contributed by atoms with Gasteiger partial charge in [-0.2, -0.15) is 0 Å². The van der Waals surface area contributed by atoms with Crippen LogP contribution in [0.2, 0.25) is 10.0 Å². The van der Waals surface area contributed by atoms with Crippen LogP contribution in [0.4, 0.5) is 0 Å². The van der Waals surface area contributed by atoms with Crippen LogP contribution in [0.25, 0.3) is 20.4 Å². The lowest BCUT2D eigenvalue weighted by Crippen LogP contribution is -2.31. The molecule has 0 saturated carbocycles. The maximum atomic E-state index is 6.22. The Balaban J connectivity index is 0.00000324. The molecule has 0 fully saturated rings. The van der Waals surface area contributed by atoms with Crippen molar-refractivity contribution in [2.45, 2.75) is 24.9 Å². The molecule has 10 heteroatoms. The summed E-state index contributed by atoms with van der Waals surface area (Å²) in [6.07, 6.45) is 1.91. The van der Waals surface area contributed by atoms with E-state index in [1.165, 1.54) is 0 Å². The lowest BCUT2D eigenvalue weighted by atomic mass is 10.1. The molecule has 2 aromatic heterocycles. The summed E-state index contributed by atoms with van der Waals surface area (Å²) in [5.41, 5.74) is 1.91. The van der Waals surface area contributed by atoms with Crippen LogP contribution in [0.15, 0.2) is 36.4 Å². The van der Waals surface area contributed by atoms with E-state index >= 15 is 0 Å². The number of nitrogens with one attached hydrogen (secondary N) is 1. The highest BCUT2D eigenvalue weighted by Crippen LogP contribution is 2.34. The van der Waals surface area contributed by atoms with Crippen LogP contribution in [0, 0.1) is 0 Å². The highest BCUT2D eigenvalue weighted by Gasteiger charge is 2.24. The van der Waals surface area contributed by atoms with Gasteiger partial charge in [0.15, 0.2) is 0 Å². The number of halogens is 3. The van der Waals surface area contributed by atoms with Crippen LogP contribution in [0.5, 0.6) is 0 Å². The topological polar surface area (TPSA) is 44.3 Å². The van der Waals surface area contributed by atoms with Gasteiger partial charge in [0.2, 0.25) is 0 Å². The van der Waals surface area contributed by atoms with Crippen molar-refractivity contribution in [3.8, 4) is 0 Å². The molecule has 0 aliphatic heterocycles. The van der Waals surface area contributed by atoms with E-state index in [1.54, 1.807) is 22.7 Å². The van der Waals surface area contributed by atoms with E-state index in [2.05, 4.69) is 55.4 Å². The van der Waals surface area contributed by atoms with E-state index in [0.717, 1.165) is 56.4 Å². The molecule has 0 aliphatic carbocycles. The van der Waals surface area contributed by atoms with Gasteiger partial charge < -0.3 is 9.80 Å². The van der Waals surface area contributed by atoms with E-state index in [4.69, 9.17) is 33.2 Å². The molecule has 1 N–H and O–H groups in total. The molecule has 0 radical (unpaired) electrons. The Morgan fingerprint density at radius 2 is 1.18 bits per heavy atom. The van der Waals surface area contributed by atoms with Crippen molar-refractivity contribution < 1.29 is 0 Å². The first-order valence-corrected chi connectivity index (χ1v) is 13.3. The van der Waals surface area contributed by atoms with Crippen molar-refractivity contribution in [1.29, 1.82) is 0 Å². The summed E-state index contributed by atoms with van der Waals surface area (Å²) in [5.74, 6) is 0. The minimum Gasteiger partial charge on any atom is -0.309 e. The minimum atomic E-state index is 0. The molecule has 4 aromatic rings. The molecule has 0 spiro atoms. The fraction of sp³-hybridized carbons (Fsp3) is 0.417. The summed E-state index contributed by atoms with van der Waals surface area (Å²) < 4.78 is 2.32. The lowest BCUT2D eigenvalue weighted by Gasteiger charge is -2.25. The normalized spacial score (nSPS) is 13.6. The largest absolute Gasteiger partial charge is 0.309 e. The van der Waals surface area contributed by atoms with Gasteiger partial charge in [0, 0.05) is 10.0 Å². The second-order valence-electron chi connectivity index (χ2n) is 8.78. The molecule has 0 amide bonds. The summed E-state index contributed by atoms with van der Waals surface area (Å²) in [5, 5.41) is 7.54. The second-order valence-corrected chi connectivity index (χ2v) is 11.8. The Kier molecular flexibility index (Phi) is 9.95. The van der Waals surface area contributed by atoms with Crippen LogP contribution < -0.4 is 5.32 Å². The second kappa shape index (κ2) is 12.3.